The third-order valence-corrected chi connectivity index (χ3v) is 5.29. The molecular formula is C23H22BrNO6. The van der Waals surface area contributed by atoms with Gasteiger partial charge in [0.15, 0.2) is 24.7 Å². The first-order chi connectivity index (χ1) is 15.0. The lowest BCUT2D eigenvalue weighted by Crippen LogP contribution is -2.29. The third-order valence-electron chi connectivity index (χ3n) is 4.48. The maximum atomic E-state index is 12.0. The van der Waals surface area contributed by atoms with Crippen LogP contribution in [-0.2, 0) is 20.9 Å². The predicted molar refractivity (Wildman–Crippen MR) is 119 cm³/mol. The average Bonchev–Trinajstić information content (AvgIpc) is 2.80. The molecule has 3 aromatic rings. The molecule has 0 saturated heterocycles. The van der Waals surface area contributed by atoms with Gasteiger partial charge in [0.25, 0.3) is 5.91 Å². The summed E-state index contributed by atoms with van der Waals surface area (Å²) in [5, 5.41) is 4.71. The Morgan fingerprint density at radius 3 is 2.42 bits per heavy atom. The van der Waals surface area contributed by atoms with Crippen molar-refractivity contribution in [3.05, 3.63) is 64.6 Å². The molecule has 8 heteroatoms. The molecule has 3 aromatic carbocycles. The van der Waals surface area contributed by atoms with Crippen molar-refractivity contribution < 1.29 is 28.5 Å². The average molecular weight is 488 g/mol. The Morgan fingerprint density at radius 2 is 1.65 bits per heavy atom. The van der Waals surface area contributed by atoms with Gasteiger partial charge >= 0.3 is 5.97 Å². The van der Waals surface area contributed by atoms with Gasteiger partial charge in [0, 0.05) is 6.54 Å². The molecule has 3 rings (SSSR count). The molecule has 0 spiro atoms. The Labute approximate surface area is 188 Å². The lowest BCUT2D eigenvalue weighted by molar-refractivity contribution is -0.150. The molecule has 0 aliphatic heterocycles. The van der Waals surface area contributed by atoms with E-state index in [-0.39, 0.29) is 13.2 Å². The van der Waals surface area contributed by atoms with Crippen LogP contribution in [0.15, 0.2) is 59.1 Å². The third kappa shape index (κ3) is 5.88. The van der Waals surface area contributed by atoms with Crippen LogP contribution in [-0.4, -0.2) is 39.3 Å². The van der Waals surface area contributed by atoms with Crippen LogP contribution in [0.2, 0.25) is 0 Å². The number of amides is 1. The highest BCUT2D eigenvalue weighted by molar-refractivity contribution is 9.10. The minimum Gasteiger partial charge on any atom is -0.493 e. The molecule has 0 saturated carbocycles. The van der Waals surface area contributed by atoms with Gasteiger partial charge in [0.05, 0.1) is 18.7 Å². The smallest absolute Gasteiger partial charge is 0.344 e. The van der Waals surface area contributed by atoms with Crippen molar-refractivity contribution >= 4 is 38.6 Å². The standard InChI is InChI=1S/C23H22BrNO6/c1-28-18-9-7-15(11-20(18)29-2)12-25-21(26)13-31-22(27)14-30-19-10-8-16-5-3-4-6-17(16)23(19)24/h3-11H,12-14H2,1-2H3,(H,25,26). The Morgan fingerprint density at radius 1 is 0.903 bits per heavy atom. The van der Waals surface area contributed by atoms with Crippen LogP contribution in [0.4, 0.5) is 0 Å². The highest BCUT2D eigenvalue weighted by atomic mass is 79.9. The minimum absolute atomic E-state index is 0.261. The van der Waals surface area contributed by atoms with Crippen molar-refractivity contribution in [3.63, 3.8) is 0 Å². The van der Waals surface area contributed by atoms with Crippen LogP contribution in [0.25, 0.3) is 10.8 Å². The van der Waals surface area contributed by atoms with Gasteiger partial charge in [-0.1, -0.05) is 36.4 Å². The van der Waals surface area contributed by atoms with E-state index >= 15 is 0 Å². The molecule has 0 atom stereocenters. The monoisotopic (exact) mass is 487 g/mol. The summed E-state index contributed by atoms with van der Waals surface area (Å²) in [7, 11) is 3.09. The molecule has 0 aliphatic rings. The quantitative estimate of drug-likeness (QED) is 0.461. The Balaban J connectivity index is 1.44. The van der Waals surface area contributed by atoms with Gasteiger partial charge < -0.3 is 24.3 Å². The summed E-state index contributed by atoms with van der Waals surface area (Å²) in [6.07, 6.45) is 0. The number of nitrogens with one attached hydrogen (secondary N) is 1. The van der Waals surface area contributed by atoms with Crippen LogP contribution >= 0.6 is 15.9 Å². The topological polar surface area (TPSA) is 83.1 Å². The first-order valence-corrected chi connectivity index (χ1v) is 10.2. The SMILES string of the molecule is COc1ccc(CNC(=O)COC(=O)COc2ccc3ccccc3c2Br)cc1OC. The largest absolute Gasteiger partial charge is 0.493 e. The predicted octanol–water partition coefficient (Wildman–Crippen LogP) is 3.86. The Kier molecular flexibility index (Phi) is 7.72. The van der Waals surface area contributed by atoms with Gasteiger partial charge in [0.2, 0.25) is 0 Å². The Bertz CT molecular complexity index is 1080. The molecule has 0 bridgehead atoms. The molecule has 7 nitrogen and oxygen atoms in total. The van der Waals surface area contributed by atoms with Crippen molar-refractivity contribution in [2.24, 2.45) is 0 Å². The first kappa shape index (κ1) is 22.4. The van der Waals surface area contributed by atoms with Crippen molar-refractivity contribution in [3.8, 4) is 17.2 Å². The molecule has 0 heterocycles. The normalized spacial score (nSPS) is 10.4. The van der Waals surface area contributed by atoms with Crippen molar-refractivity contribution in [2.45, 2.75) is 6.54 Å². The zero-order valence-corrected chi connectivity index (χ0v) is 18.7. The summed E-state index contributed by atoms with van der Waals surface area (Å²) in [5.41, 5.74) is 0.821. The molecule has 0 radical (unpaired) electrons. The molecule has 0 aromatic heterocycles. The molecule has 162 valence electrons. The minimum atomic E-state index is -0.638. The molecular weight excluding hydrogens is 466 g/mol. The van der Waals surface area contributed by atoms with E-state index in [1.165, 1.54) is 7.11 Å². The van der Waals surface area contributed by atoms with Crippen LogP contribution in [0.5, 0.6) is 17.2 Å². The molecule has 1 amide bonds. The number of esters is 1. The second-order valence-electron chi connectivity index (χ2n) is 6.51. The van der Waals surface area contributed by atoms with Crippen LogP contribution in [0.3, 0.4) is 0 Å². The summed E-state index contributed by atoms with van der Waals surface area (Å²) < 4.78 is 21.7. The van der Waals surface area contributed by atoms with Gasteiger partial charge in [-0.25, -0.2) is 4.79 Å². The van der Waals surface area contributed by atoms with Gasteiger partial charge in [-0.05, 0) is 50.5 Å². The molecule has 1 N–H and O–H groups in total. The van der Waals surface area contributed by atoms with Gasteiger partial charge in [-0.15, -0.1) is 0 Å². The number of carbonyl (C=O) groups is 2. The summed E-state index contributed by atoms with van der Waals surface area (Å²) in [4.78, 5) is 23.9. The van der Waals surface area contributed by atoms with Gasteiger partial charge in [-0.3, -0.25) is 4.79 Å². The van der Waals surface area contributed by atoms with Crippen LogP contribution < -0.4 is 19.5 Å². The van der Waals surface area contributed by atoms with Gasteiger partial charge in [-0.2, -0.15) is 0 Å². The number of rotatable bonds is 9. The van der Waals surface area contributed by atoms with E-state index in [0.717, 1.165) is 20.8 Å². The lowest BCUT2D eigenvalue weighted by atomic mass is 10.1. The van der Waals surface area contributed by atoms with E-state index < -0.39 is 18.5 Å². The zero-order valence-electron chi connectivity index (χ0n) is 17.1. The number of hydrogen-bond donors (Lipinski definition) is 1. The zero-order chi connectivity index (χ0) is 22.2. The summed E-state index contributed by atoms with van der Waals surface area (Å²) in [6.45, 7) is -0.439. The lowest BCUT2D eigenvalue weighted by Gasteiger charge is -2.11. The van der Waals surface area contributed by atoms with E-state index in [2.05, 4.69) is 21.2 Å². The fourth-order valence-electron chi connectivity index (χ4n) is 2.89. The van der Waals surface area contributed by atoms with Crippen molar-refractivity contribution in [1.29, 1.82) is 0 Å². The van der Waals surface area contributed by atoms with E-state index in [9.17, 15) is 9.59 Å². The molecule has 31 heavy (non-hydrogen) atoms. The van der Waals surface area contributed by atoms with Crippen LogP contribution in [0.1, 0.15) is 5.56 Å². The maximum Gasteiger partial charge on any atom is 0.344 e. The number of benzene rings is 3. The van der Waals surface area contributed by atoms with Crippen molar-refractivity contribution in [2.75, 3.05) is 27.4 Å². The van der Waals surface area contributed by atoms with E-state index in [0.29, 0.717) is 17.2 Å². The number of carbonyl (C=O) groups excluding carboxylic acids is 2. The summed E-state index contributed by atoms with van der Waals surface area (Å²) in [6, 6.07) is 16.8. The molecule has 0 aliphatic carbocycles. The van der Waals surface area contributed by atoms with E-state index in [1.807, 2.05) is 36.4 Å². The number of halogens is 1. The van der Waals surface area contributed by atoms with Crippen LogP contribution in [0, 0.1) is 0 Å². The van der Waals surface area contributed by atoms with Gasteiger partial charge in [0.1, 0.15) is 5.75 Å². The highest BCUT2D eigenvalue weighted by Gasteiger charge is 2.12. The second kappa shape index (κ2) is 10.7. The fourth-order valence-corrected chi connectivity index (χ4v) is 3.50. The fraction of sp³-hybridized carbons (Fsp3) is 0.217. The van der Waals surface area contributed by atoms with E-state index in [1.54, 1.807) is 25.3 Å². The number of hydrogen-bond acceptors (Lipinski definition) is 6. The maximum absolute atomic E-state index is 12.0. The Hall–Kier alpha value is -3.26. The number of ether oxygens (including phenoxy) is 4. The second-order valence-corrected chi connectivity index (χ2v) is 7.31. The first-order valence-electron chi connectivity index (χ1n) is 9.45. The highest BCUT2D eigenvalue weighted by Crippen LogP contribution is 2.33. The summed E-state index contributed by atoms with van der Waals surface area (Å²) in [5.74, 6) is 0.632. The summed E-state index contributed by atoms with van der Waals surface area (Å²) >= 11 is 3.50. The number of methoxy groups -OCH3 is 2. The molecule has 0 fully saturated rings. The number of fused-ring (bicyclic) bond motifs is 1. The molecule has 0 unspecified atom stereocenters. The van der Waals surface area contributed by atoms with Crippen molar-refractivity contribution in [1.82, 2.24) is 5.32 Å². The van der Waals surface area contributed by atoms with E-state index in [4.69, 9.17) is 18.9 Å².